The van der Waals surface area contributed by atoms with E-state index in [2.05, 4.69) is 4.84 Å². The van der Waals surface area contributed by atoms with Gasteiger partial charge in [0.2, 0.25) is 5.78 Å². The minimum Gasteiger partial charge on any atom is -0.493 e. The second-order valence-electron chi connectivity index (χ2n) is 9.16. The quantitative estimate of drug-likeness (QED) is 0.0953. The monoisotopic (exact) mass is 545 g/mol. The van der Waals surface area contributed by atoms with E-state index in [1.165, 1.54) is 24.3 Å². The molecule has 1 fully saturated rings. The van der Waals surface area contributed by atoms with Crippen LogP contribution < -0.4 is 4.74 Å². The Kier molecular flexibility index (Phi) is 6.56. The maximum Gasteiger partial charge on any atom is 0.416 e. The summed E-state index contributed by atoms with van der Waals surface area (Å²) in [5, 5.41) is 10.4. The van der Waals surface area contributed by atoms with Crippen LogP contribution in [0.1, 0.15) is 33.6 Å². The minimum atomic E-state index is -4.52. The van der Waals surface area contributed by atoms with Crippen molar-refractivity contribution in [2.45, 2.75) is 19.0 Å². The number of fused-ring (bicyclic) bond motifs is 1. The van der Waals surface area contributed by atoms with Crippen LogP contribution in [0.5, 0.6) is 5.75 Å². The lowest BCUT2D eigenvalue weighted by Crippen LogP contribution is -2.21. The number of thiophene rings is 1. The smallest absolute Gasteiger partial charge is 0.416 e. The molecular formula is C27H19F4NO5S. The molecule has 0 saturated heterocycles. The van der Waals surface area contributed by atoms with Gasteiger partial charge in [0, 0.05) is 26.6 Å². The van der Waals surface area contributed by atoms with E-state index in [4.69, 9.17) is 4.74 Å². The number of ether oxygens (including phenoxy) is 1. The molecule has 6 nitrogen and oxygen atoms in total. The van der Waals surface area contributed by atoms with Crippen LogP contribution in [-0.2, 0) is 11.0 Å². The lowest BCUT2D eigenvalue weighted by Gasteiger charge is -2.15. The van der Waals surface area contributed by atoms with Crippen molar-refractivity contribution in [2.75, 3.05) is 13.2 Å². The van der Waals surface area contributed by atoms with Crippen molar-refractivity contribution < 1.29 is 37.0 Å². The molecule has 1 aromatic heterocycles. The molecule has 4 aromatic rings. The fourth-order valence-electron chi connectivity index (χ4n) is 4.10. The van der Waals surface area contributed by atoms with Crippen LogP contribution in [0.25, 0.3) is 21.2 Å². The predicted molar refractivity (Wildman–Crippen MR) is 132 cm³/mol. The molecule has 0 unspecified atom stereocenters. The Labute approximate surface area is 217 Å². The molecule has 0 aliphatic heterocycles. The van der Waals surface area contributed by atoms with Gasteiger partial charge in [-0.2, -0.15) is 13.2 Å². The first-order chi connectivity index (χ1) is 18.0. The van der Waals surface area contributed by atoms with Crippen molar-refractivity contribution in [2.24, 2.45) is 5.41 Å². The molecule has 1 aliphatic rings. The van der Waals surface area contributed by atoms with E-state index in [-0.39, 0.29) is 18.8 Å². The number of alkyl halides is 3. The van der Waals surface area contributed by atoms with Gasteiger partial charge < -0.3 is 9.57 Å². The molecule has 1 saturated carbocycles. The fraction of sp³-hybridized carbons (Fsp3) is 0.222. The number of rotatable bonds is 9. The number of carbonyl (C=O) groups excluding carboxylic acids is 1. The highest BCUT2D eigenvalue weighted by Crippen LogP contribution is 2.47. The molecule has 0 bridgehead atoms. The first kappa shape index (κ1) is 25.7. The Morgan fingerprint density at radius 2 is 1.68 bits per heavy atom. The number of halogens is 4. The Balaban J connectivity index is 1.49. The summed E-state index contributed by atoms with van der Waals surface area (Å²) in [4.78, 5) is 28.8. The average Bonchev–Trinajstić information content (AvgIpc) is 3.57. The van der Waals surface area contributed by atoms with E-state index in [9.17, 15) is 32.5 Å². The SMILES string of the molecule is O=C(c1ccc(C(F)(F)F)cc1)c1sc2cc(OCC3(CO[N+](=O)[O-])CC3)ccc2c1-c1ccc(F)cc1. The lowest BCUT2D eigenvalue weighted by molar-refractivity contribution is -0.760. The zero-order chi connectivity index (χ0) is 27.1. The Bertz CT molecular complexity index is 1510. The number of benzene rings is 3. The number of hydrogen-bond donors (Lipinski definition) is 0. The van der Waals surface area contributed by atoms with Crippen LogP contribution in [0.2, 0.25) is 0 Å². The Hall–Kier alpha value is -3.99. The molecule has 0 radical (unpaired) electrons. The fourth-order valence-corrected chi connectivity index (χ4v) is 5.32. The second-order valence-corrected chi connectivity index (χ2v) is 10.2. The standard InChI is InChI=1S/C27H19F4NO5S/c28-19-7-3-16(4-8-19)23-21-10-9-20(36-14-26(11-12-26)15-37-32(34)35)13-22(21)38-25(23)24(33)17-1-5-18(6-2-17)27(29,30)31/h1-10,13H,11-12,14-15H2. The maximum absolute atomic E-state index is 13.6. The van der Waals surface area contributed by atoms with Gasteiger partial charge in [-0.25, -0.2) is 4.39 Å². The van der Waals surface area contributed by atoms with Crippen LogP contribution in [0, 0.1) is 21.3 Å². The molecule has 11 heteroatoms. The molecule has 1 heterocycles. The number of hydrogen-bond acceptors (Lipinski definition) is 6. The normalized spacial score (nSPS) is 14.3. The van der Waals surface area contributed by atoms with E-state index >= 15 is 0 Å². The van der Waals surface area contributed by atoms with Crippen molar-refractivity contribution in [1.29, 1.82) is 0 Å². The molecule has 3 aromatic carbocycles. The third kappa shape index (κ3) is 5.33. The number of carbonyl (C=O) groups is 1. The van der Waals surface area contributed by atoms with Gasteiger partial charge in [-0.15, -0.1) is 21.5 Å². The van der Waals surface area contributed by atoms with Crippen LogP contribution in [0.3, 0.4) is 0 Å². The van der Waals surface area contributed by atoms with Crippen molar-refractivity contribution in [3.05, 3.63) is 98.7 Å². The average molecular weight is 546 g/mol. The topological polar surface area (TPSA) is 78.7 Å². The molecular weight excluding hydrogens is 526 g/mol. The van der Waals surface area contributed by atoms with E-state index in [0.717, 1.165) is 48.4 Å². The Morgan fingerprint density at radius 1 is 1.00 bits per heavy atom. The third-order valence-electron chi connectivity index (χ3n) is 6.45. The first-order valence-electron chi connectivity index (χ1n) is 11.5. The summed E-state index contributed by atoms with van der Waals surface area (Å²) in [6.45, 7) is 0.168. The largest absolute Gasteiger partial charge is 0.493 e. The molecule has 0 amide bonds. The highest BCUT2D eigenvalue weighted by Gasteiger charge is 2.44. The highest BCUT2D eigenvalue weighted by atomic mass is 32.1. The third-order valence-corrected chi connectivity index (χ3v) is 7.60. The highest BCUT2D eigenvalue weighted by molar-refractivity contribution is 7.21. The summed E-state index contributed by atoms with van der Waals surface area (Å²) < 4.78 is 59.2. The molecule has 0 atom stereocenters. The van der Waals surface area contributed by atoms with Gasteiger partial charge in [0.1, 0.15) is 18.2 Å². The van der Waals surface area contributed by atoms with Gasteiger partial charge >= 0.3 is 6.18 Å². The summed E-state index contributed by atoms with van der Waals surface area (Å²) in [5.74, 6) is -0.421. The van der Waals surface area contributed by atoms with Gasteiger partial charge in [0.15, 0.2) is 0 Å². The van der Waals surface area contributed by atoms with Crippen LogP contribution in [0.4, 0.5) is 17.6 Å². The van der Waals surface area contributed by atoms with Crippen molar-refractivity contribution in [3.63, 3.8) is 0 Å². The van der Waals surface area contributed by atoms with Gasteiger partial charge in [0.25, 0.3) is 5.09 Å². The summed E-state index contributed by atoms with van der Waals surface area (Å²) in [6, 6.07) is 14.8. The molecule has 0 spiro atoms. The number of ketones is 1. The van der Waals surface area contributed by atoms with Gasteiger partial charge in [0.05, 0.1) is 17.0 Å². The van der Waals surface area contributed by atoms with E-state index in [1.807, 2.05) is 0 Å². The second kappa shape index (κ2) is 9.71. The minimum absolute atomic E-state index is 0.0538. The van der Waals surface area contributed by atoms with E-state index < -0.39 is 33.8 Å². The summed E-state index contributed by atoms with van der Waals surface area (Å²) in [7, 11) is 0. The molecule has 5 rings (SSSR count). The van der Waals surface area contributed by atoms with Crippen LogP contribution >= 0.6 is 11.3 Å². The molecule has 1 aliphatic carbocycles. The van der Waals surface area contributed by atoms with Gasteiger partial charge in [-0.05, 0) is 60.9 Å². The summed E-state index contributed by atoms with van der Waals surface area (Å²) >= 11 is 1.15. The van der Waals surface area contributed by atoms with Crippen molar-refractivity contribution >= 4 is 27.2 Å². The summed E-state index contributed by atoms with van der Waals surface area (Å²) in [5.41, 5.74) is -0.0655. The zero-order valence-corrected chi connectivity index (χ0v) is 20.4. The van der Waals surface area contributed by atoms with Crippen molar-refractivity contribution in [1.82, 2.24) is 0 Å². The number of nitrogens with zero attached hydrogens (tertiary/aromatic N) is 1. The van der Waals surface area contributed by atoms with Crippen LogP contribution in [0.15, 0.2) is 66.7 Å². The van der Waals surface area contributed by atoms with Crippen molar-refractivity contribution in [3.8, 4) is 16.9 Å². The van der Waals surface area contributed by atoms with Gasteiger partial charge in [-0.1, -0.05) is 24.3 Å². The van der Waals surface area contributed by atoms with Gasteiger partial charge in [-0.3, -0.25) is 4.79 Å². The summed E-state index contributed by atoms with van der Waals surface area (Å²) in [6.07, 6.45) is -3.05. The Morgan fingerprint density at radius 3 is 2.29 bits per heavy atom. The maximum atomic E-state index is 13.6. The molecule has 196 valence electrons. The molecule has 0 N–H and O–H groups in total. The molecule has 38 heavy (non-hydrogen) atoms. The van der Waals surface area contributed by atoms with E-state index in [0.29, 0.717) is 31.8 Å². The lowest BCUT2D eigenvalue weighted by atomic mass is 9.97. The van der Waals surface area contributed by atoms with E-state index in [1.54, 1.807) is 18.2 Å². The van der Waals surface area contributed by atoms with Crippen LogP contribution in [-0.4, -0.2) is 24.1 Å². The predicted octanol–water partition coefficient (Wildman–Crippen LogP) is 7.32. The first-order valence-corrected chi connectivity index (χ1v) is 12.3. The zero-order valence-electron chi connectivity index (χ0n) is 19.6.